The topological polar surface area (TPSA) is 55.1 Å². The summed E-state index contributed by atoms with van der Waals surface area (Å²) >= 11 is 5.50. The number of nitrogens with two attached hydrogens (primary N) is 1. The highest BCUT2D eigenvalue weighted by molar-refractivity contribution is 6.30. The Morgan fingerprint density at radius 1 is 1.64 bits per heavy atom. The lowest BCUT2D eigenvalue weighted by Crippen LogP contribution is -2.30. The Hall–Kier alpha value is -0.280. The molecule has 11 heavy (non-hydrogen) atoms. The third-order valence-electron chi connectivity index (χ3n) is 1.29. The normalized spacial score (nSPS) is 12.6. The van der Waals surface area contributed by atoms with E-state index >= 15 is 0 Å². The zero-order chi connectivity index (χ0) is 8.69. The molecule has 4 heteroatoms. The van der Waals surface area contributed by atoms with Gasteiger partial charge in [0.15, 0.2) is 0 Å². The maximum Gasteiger partial charge on any atom is 0.237 e. The first-order valence-corrected chi connectivity index (χ1v) is 4.24. The lowest BCUT2D eigenvalue weighted by molar-refractivity contribution is -0.120. The molecule has 3 nitrogen and oxygen atoms in total. The number of hydrogen-bond donors (Lipinski definition) is 2. The Kier molecular flexibility index (Phi) is 6.27. The highest BCUT2D eigenvalue weighted by Crippen LogP contribution is 1.92. The van der Waals surface area contributed by atoms with E-state index in [-0.39, 0.29) is 5.91 Å². The highest BCUT2D eigenvalue weighted by Gasteiger charge is 2.06. The van der Waals surface area contributed by atoms with Gasteiger partial charge in [-0.2, -0.15) is 0 Å². The molecule has 0 saturated carbocycles. The van der Waals surface area contributed by atoms with Gasteiger partial charge in [0.2, 0.25) is 5.91 Å². The average Bonchev–Trinajstić information content (AvgIpc) is 1.97. The predicted molar refractivity (Wildman–Crippen MR) is 46.6 cm³/mol. The number of alkyl halides is 1. The largest absolute Gasteiger partial charge is 0.355 e. The maximum atomic E-state index is 10.8. The zero-order valence-corrected chi connectivity index (χ0v) is 7.53. The summed E-state index contributed by atoms with van der Waals surface area (Å²) in [5, 5.41) is 2.25. The van der Waals surface area contributed by atoms with Crippen molar-refractivity contribution in [2.24, 2.45) is 5.73 Å². The van der Waals surface area contributed by atoms with Crippen molar-refractivity contribution in [1.82, 2.24) is 5.32 Å². The Balaban J connectivity index is 3.18. The summed E-state index contributed by atoms with van der Waals surface area (Å²) in [4.78, 5) is 10.8. The number of unbranched alkanes of at least 4 members (excludes halogenated alkanes) is 1. The Bertz CT molecular complexity index is 117. The van der Waals surface area contributed by atoms with Gasteiger partial charge in [0.1, 0.15) is 5.38 Å². The molecule has 0 bridgehead atoms. The Labute approximate surface area is 72.3 Å². The van der Waals surface area contributed by atoms with Crippen LogP contribution in [0.25, 0.3) is 0 Å². The SMILES string of the molecule is CC(Cl)C(=O)NCCCCN. The van der Waals surface area contributed by atoms with Gasteiger partial charge >= 0.3 is 0 Å². The van der Waals surface area contributed by atoms with Crippen LogP contribution in [0.2, 0.25) is 0 Å². The van der Waals surface area contributed by atoms with Crippen molar-refractivity contribution in [1.29, 1.82) is 0 Å². The van der Waals surface area contributed by atoms with Crippen molar-refractivity contribution in [3.05, 3.63) is 0 Å². The molecule has 0 saturated heterocycles. The van der Waals surface area contributed by atoms with E-state index in [2.05, 4.69) is 5.32 Å². The second kappa shape index (κ2) is 6.43. The van der Waals surface area contributed by atoms with Crippen LogP contribution in [-0.4, -0.2) is 24.4 Å². The second-order valence-electron chi connectivity index (χ2n) is 2.40. The number of carbonyl (C=O) groups excluding carboxylic acids is 1. The zero-order valence-electron chi connectivity index (χ0n) is 6.77. The van der Waals surface area contributed by atoms with Crippen LogP contribution in [0.4, 0.5) is 0 Å². The van der Waals surface area contributed by atoms with Gasteiger partial charge in [-0.3, -0.25) is 4.79 Å². The van der Waals surface area contributed by atoms with E-state index < -0.39 is 5.38 Å². The van der Waals surface area contributed by atoms with E-state index in [0.29, 0.717) is 13.1 Å². The van der Waals surface area contributed by atoms with Gasteiger partial charge in [0.25, 0.3) is 0 Å². The molecule has 0 aromatic rings. The van der Waals surface area contributed by atoms with Gasteiger partial charge in [-0.1, -0.05) is 0 Å². The number of nitrogens with one attached hydrogen (secondary N) is 1. The van der Waals surface area contributed by atoms with Crippen LogP contribution in [0.5, 0.6) is 0 Å². The molecule has 1 amide bonds. The summed E-state index contributed by atoms with van der Waals surface area (Å²) in [5.74, 6) is -0.108. The summed E-state index contributed by atoms with van der Waals surface area (Å²) < 4.78 is 0. The monoisotopic (exact) mass is 178 g/mol. The first-order valence-electron chi connectivity index (χ1n) is 3.80. The number of rotatable bonds is 5. The molecule has 1 unspecified atom stereocenters. The molecule has 0 aliphatic carbocycles. The number of amides is 1. The van der Waals surface area contributed by atoms with Gasteiger partial charge < -0.3 is 11.1 Å². The van der Waals surface area contributed by atoms with Crippen LogP contribution in [-0.2, 0) is 4.79 Å². The molecule has 1 atom stereocenters. The van der Waals surface area contributed by atoms with Crippen molar-refractivity contribution in [2.75, 3.05) is 13.1 Å². The Morgan fingerprint density at radius 3 is 2.73 bits per heavy atom. The smallest absolute Gasteiger partial charge is 0.237 e. The van der Waals surface area contributed by atoms with Crippen molar-refractivity contribution < 1.29 is 4.79 Å². The highest BCUT2D eigenvalue weighted by atomic mass is 35.5. The molecular weight excluding hydrogens is 164 g/mol. The van der Waals surface area contributed by atoms with E-state index in [1.54, 1.807) is 6.92 Å². The van der Waals surface area contributed by atoms with Gasteiger partial charge in [-0.25, -0.2) is 0 Å². The third kappa shape index (κ3) is 6.13. The van der Waals surface area contributed by atoms with E-state index in [4.69, 9.17) is 17.3 Å². The summed E-state index contributed by atoms with van der Waals surface area (Å²) in [6.45, 7) is 3.00. The first-order chi connectivity index (χ1) is 5.18. The molecule has 0 aliphatic rings. The molecule has 0 heterocycles. The molecular formula is C7H15ClN2O. The van der Waals surface area contributed by atoms with Crippen LogP contribution in [0.3, 0.4) is 0 Å². The molecule has 0 rings (SSSR count). The summed E-state index contributed by atoms with van der Waals surface area (Å²) in [7, 11) is 0. The molecule has 66 valence electrons. The van der Waals surface area contributed by atoms with Gasteiger partial charge in [-0.15, -0.1) is 11.6 Å². The van der Waals surface area contributed by atoms with E-state index in [9.17, 15) is 4.79 Å². The maximum absolute atomic E-state index is 10.8. The standard InChI is InChI=1S/C7H15ClN2O/c1-6(8)7(11)10-5-3-2-4-9/h6H,2-5,9H2,1H3,(H,10,11). The van der Waals surface area contributed by atoms with Crippen molar-refractivity contribution in [3.63, 3.8) is 0 Å². The first kappa shape index (κ1) is 10.7. The van der Waals surface area contributed by atoms with E-state index in [0.717, 1.165) is 12.8 Å². The Morgan fingerprint density at radius 2 is 2.27 bits per heavy atom. The molecule has 0 aromatic heterocycles. The number of hydrogen-bond acceptors (Lipinski definition) is 2. The van der Waals surface area contributed by atoms with Gasteiger partial charge in [-0.05, 0) is 26.3 Å². The summed E-state index contributed by atoms with van der Waals surface area (Å²) in [6.07, 6.45) is 1.86. The minimum absolute atomic E-state index is 0.108. The summed E-state index contributed by atoms with van der Waals surface area (Å²) in [5.41, 5.74) is 5.27. The fourth-order valence-corrected chi connectivity index (χ4v) is 0.699. The van der Waals surface area contributed by atoms with Crippen molar-refractivity contribution >= 4 is 17.5 Å². The lowest BCUT2D eigenvalue weighted by atomic mass is 10.3. The number of carbonyl (C=O) groups is 1. The molecule has 0 spiro atoms. The van der Waals surface area contributed by atoms with Crippen molar-refractivity contribution in [3.8, 4) is 0 Å². The van der Waals surface area contributed by atoms with Crippen LogP contribution in [0.15, 0.2) is 0 Å². The average molecular weight is 179 g/mol. The van der Waals surface area contributed by atoms with E-state index in [1.807, 2.05) is 0 Å². The second-order valence-corrected chi connectivity index (χ2v) is 3.06. The quantitative estimate of drug-likeness (QED) is 0.475. The molecule has 3 N–H and O–H groups in total. The molecule has 0 radical (unpaired) electrons. The van der Waals surface area contributed by atoms with Crippen molar-refractivity contribution in [2.45, 2.75) is 25.1 Å². The van der Waals surface area contributed by atoms with Crippen LogP contribution in [0.1, 0.15) is 19.8 Å². The predicted octanol–water partition coefficient (Wildman–Crippen LogP) is 0.469. The van der Waals surface area contributed by atoms with Gasteiger partial charge in [0.05, 0.1) is 0 Å². The minimum Gasteiger partial charge on any atom is -0.355 e. The van der Waals surface area contributed by atoms with Crippen LogP contribution < -0.4 is 11.1 Å². The lowest BCUT2D eigenvalue weighted by Gasteiger charge is -2.04. The molecule has 0 aromatic carbocycles. The number of halogens is 1. The minimum atomic E-state index is -0.437. The van der Waals surface area contributed by atoms with Gasteiger partial charge in [0, 0.05) is 6.54 Å². The molecule has 0 fully saturated rings. The third-order valence-corrected chi connectivity index (χ3v) is 1.49. The van der Waals surface area contributed by atoms with Crippen LogP contribution >= 0.6 is 11.6 Å². The summed E-state index contributed by atoms with van der Waals surface area (Å²) in [6, 6.07) is 0. The fraction of sp³-hybridized carbons (Fsp3) is 0.857. The fourth-order valence-electron chi connectivity index (χ4n) is 0.622. The molecule has 0 aliphatic heterocycles. The van der Waals surface area contributed by atoms with Crippen LogP contribution in [0, 0.1) is 0 Å². The van der Waals surface area contributed by atoms with E-state index in [1.165, 1.54) is 0 Å².